The normalized spacial score (nSPS) is 28.0. The highest BCUT2D eigenvalue weighted by Crippen LogP contribution is 2.67. The topological polar surface area (TPSA) is 26.3 Å². The fraction of sp³-hybridized carbons (Fsp3) is 0.754. The summed E-state index contributed by atoms with van der Waals surface area (Å²) in [5.41, 5.74) is 2.51. The van der Waals surface area contributed by atoms with E-state index in [0.29, 0.717) is 17.3 Å². The van der Waals surface area contributed by atoms with Gasteiger partial charge in [0.15, 0.2) is 0 Å². The van der Waals surface area contributed by atoms with Crippen LogP contribution < -0.4 is 0 Å². The molecule has 63 heavy (non-hydrogen) atoms. The second-order valence-electron chi connectivity index (χ2n) is 21.8. The van der Waals surface area contributed by atoms with Crippen molar-refractivity contribution in [2.24, 2.45) is 46.3 Å². The summed E-state index contributed by atoms with van der Waals surface area (Å²) in [5, 5.41) is 0. The molecular formula is C61H100O2. The summed E-state index contributed by atoms with van der Waals surface area (Å²) in [4.78, 5) is 12.9. The second kappa shape index (κ2) is 30.8. The fourth-order valence-corrected chi connectivity index (χ4v) is 12.9. The molecule has 2 nitrogen and oxygen atoms in total. The first-order chi connectivity index (χ1) is 30.7. The van der Waals surface area contributed by atoms with Gasteiger partial charge in [0.25, 0.3) is 0 Å². The first kappa shape index (κ1) is 53.3. The molecule has 8 atom stereocenters. The zero-order valence-corrected chi connectivity index (χ0v) is 42.3. The Hall–Kier alpha value is -2.35. The molecule has 4 aliphatic carbocycles. The van der Waals surface area contributed by atoms with E-state index in [1.54, 1.807) is 5.57 Å². The summed E-state index contributed by atoms with van der Waals surface area (Å²) in [5.74, 6) is 5.29. The Morgan fingerprint density at radius 1 is 0.619 bits per heavy atom. The summed E-state index contributed by atoms with van der Waals surface area (Å²) in [6.45, 7) is 14.8. The lowest BCUT2D eigenvalue weighted by atomic mass is 9.47. The van der Waals surface area contributed by atoms with Gasteiger partial charge in [0.05, 0.1) is 0 Å². The van der Waals surface area contributed by atoms with Crippen molar-refractivity contribution in [1.82, 2.24) is 0 Å². The van der Waals surface area contributed by atoms with E-state index in [9.17, 15) is 4.79 Å². The number of hydrogen-bond donors (Lipinski definition) is 0. The van der Waals surface area contributed by atoms with Crippen LogP contribution >= 0.6 is 0 Å². The van der Waals surface area contributed by atoms with Crippen molar-refractivity contribution >= 4 is 5.97 Å². The minimum Gasteiger partial charge on any atom is -0.462 e. The van der Waals surface area contributed by atoms with Gasteiger partial charge < -0.3 is 4.74 Å². The Bertz CT molecular complexity index is 1450. The molecular weight excluding hydrogens is 765 g/mol. The van der Waals surface area contributed by atoms with Gasteiger partial charge in [0, 0.05) is 12.8 Å². The van der Waals surface area contributed by atoms with Crippen LogP contribution in [0.15, 0.2) is 84.6 Å². The predicted octanol–water partition coefficient (Wildman–Crippen LogP) is 19.1. The molecule has 4 aliphatic rings. The van der Waals surface area contributed by atoms with Crippen LogP contribution in [-0.2, 0) is 9.53 Å². The molecule has 0 aliphatic heterocycles. The Balaban J connectivity index is 0.934. The summed E-state index contributed by atoms with van der Waals surface area (Å²) in [6.07, 6.45) is 68.4. The number of rotatable bonds is 32. The molecule has 3 saturated carbocycles. The molecule has 3 fully saturated rings. The third kappa shape index (κ3) is 18.8. The number of carbonyl (C=O) groups is 1. The molecule has 0 spiro atoms. The van der Waals surface area contributed by atoms with Gasteiger partial charge in [0.1, 0.15) is 6.10 Å². The largest absolute Gasteiger partial charge is 0.462 e. The zero-order chi connectivity index (χ0) is 45.0. The number of esters is 1. The fourth-order valence-electron chi connectivity index (χ4n) is 12.9. The van der Waals surface area contributed by atoms with Crippen molar-refractivity contribution in [3.63, 3.8) is 0 Å². The third-order valence-corrected chi connectivity index (χ3v) is 16.7. The maximum Gasteiger partial charge on any atom is 0.306 e. The molecule has 0 bridgehead atoms. The lowest BCUT2D eigenvalue weighted by molar-refractivity contribution is -0.151. The molecule has 0 aromatic rings. The molecule has 0 aromatic heterocycles. The van der Waals surface area contributed by atoms with Gasteiger partial charge >= 0.3 is 5.97 Å². The van der Waals surface area contributed by atoms with Crippen LogP contribution in [0.2, 0.25) is 0 Å². The number of carbonyl (C=O) groups excluding carboxylic acids is 1. The van der Waals surface area contributed by atoms with Gasteiger partial charge in [0.2, 0.25) is 0 Å². The van der Waals surface area contributed by atoms with Crippen molar-refractivity contribution < 1.29 is 9.53 Å². The van der Waals surface area contributed by atoms with Gasteiger partial charge in [-0.1, -0.05) is 210 Å². The van der Waals surface area contributed by atoms with Crippen molar-refractivity contribution in [2.45, 2.75) is 247 Å². The number of hydrogen-bond acceptors (Lipinski definition) is 2. The maximum atomic E-state index is 12.9. The standard InChI is InChI=1S/C61H100O2/c1-7-8-9-10-11-12-13-14-15-16-17-18-19-20-21-22-23-24-25-26-27-28-29-30-31-32-33-34-35-36-37-41-59(62)63-54-46-48-60(5)53(50-54)42-43-55-57-45-44-56(52(4)40-38-39-51(2)3)61(57,6)49-47-58(55)60/h8-9,11-12,14-15,17-18,20-21,23-24,42,51-52,54-58H,7,10,13,16,19,22,25-41,43-50H2,1-6H3/b9-8-,12-11-,15-14-,18-17-,21-20-,24-23-. The van der Waals surface area contributed by atoms with Crippen LogP contribution in [0.25, 0.3) is 0 Å². The molecule has 0 N–H and O–H groups in total. The highest BCUT2D eigenvalue weighted by atomic mass is 16.5. The van der Waals surface area contributed by atoms with Crippen molar-refractivity contribution in [3.05, 3.63) is 84.6 Å². The molecule has 356 valence electrons. The van der Waals surface area contributed by atoms with Crippen molar-refractivity contribution in [2.75, 3.05) is 0 Å². The number of allylic oxidation sites excluding steroid dienone is 13. The average Bonchev–Trinajstić information content (AvgIpc) is 3.63. The van der Waals surface area contributed by atoms with Crippen LogP contribution in [-0.4, -0.2) is 12.1 Å². The Kier molecular flexibility index (Phi) is 26.0. The molecule has 4 rings (SSSR count). The average molecular weight is 865 g/mol. The lowest BCUT2D eigenvalue weighted by Crippen LogP contribution is -2.51. The van der Waals surface area contributed by atoms with Crippen LogP contribution in [0.5, 0.6) is 0 Å². The first-order valence-electron chi connectivity index (χ1n) is 27.5. The van der Waals surface area contributed by atoms with Gasteiger partial charge in [-0.25, -0.2) is 0 Å². The van der Waals surface area contributed by atoms with E-state index in [1.807, 2.05) is 0 Å². The molecule has 8 unspecified atom stereocenters. The van der Waals surface area contributed by atoms with Gasteiger partial charge in [-0.3, -0.25) is 4.79 Å². The van der Waals surface area contributed by atoms with E-state index >= 15 is 0 Å². The zero-order valence-electron chi connectivity index (χ0n) is 42.3. The minimum absolute atomic E-state index is 0.0585. The minimum atomic E-state index is 0.0585. The summed E-state index contributed by atoms with van der Waals surface area (Å²) < 4.78 is 6.17. The molecule has 0 saturated heterocycles. The number of fused-ring (bicyclic) bond motifs is 5. The van der Waals surface area contributed by atoms with Crippen LogP contribution in [0, 0.1) is 46.3 Å². The van der Waals surface area contributed by atoms with Crippen LogP contribution in [0.4, 0.5) is 0 Å². The Morgan fingerprint density at radius 2 is 1.16 bits per heavy atom. The van der Waals surface area contributed by atoms with E-state index < -0.39 is 0 Å². The Labute approximate surface area is 391 Å². The second-order valence-corrected chi connectivity index (χ2v) is 21.8. The van der Waals surface area contributed by atoms with Crippen molar-refractivity contribution in [3.8, 4) is 0 Å². The van der Waals surface area contributed by atoms with E-state index in [2.05, 4.69) is 121 Å². The molecule has 0 amide bonds. The van der Waals surface area contributed by atoms with E-state index in [1.165, 1.54) is 135 Å². The SMILES string of the molecule is CC/C=C\C/C=C\C/C=C\C/C=C\C/C=C\C/C=C\CCCCCCCCCCCCCCC(=O)OC1CCC2(C)C(=CCC3C2CCC2(C)C(C(C)CCCC(C)C)CCC32)C1. The smallest absolute Gasteiger partial charge is 0.306 e. The first-order valence-corrected chi connectivity index (χ1v) is 27.5. The molecule has 2 heteroatoms. The monoisotopic (exact) mass is 865 g/mol. The summed E-state index contributed by atoms with van der Waals surface area (Å²) in [7, 11) is 0. The molecule has 0 aromatic carbocycles. The summed E-state index contributed by atoms with van der Waals surface area (Å²) >= 11 is 0. The van der Waals surface area contributed by atoms with E-state index in [0.717, 1.165) is 93.3 Å². The number of ether oxygens (including phenoxy) is 1. The van der Waals surface area contributed by atoms with Gasteiger partial charge in [-0.2, -0.15) is 0 Å². The summed E-state index contributed by atoms with van der Waals surface area (Å²) in [6, 6.07) is 0. The highest BCUT2D eigenvalue weighted by molar-refractivity contribution is 5.69. The van der Waals surface area contributed by atoms with Crippen LogP contribution in [0.3, 0.4) is 0 Å². The quantitative estimate of drug-likeness (QED) is 0.0383. The van der Waals surface area contributed by atoms with Crippen molar-refractivity contribution in [1.29, 1.82) is 0 Å². The van der Waals surface area contributed by atoms with Gasteiger partial charge in [-0.15, -0.1) is 0 Å². The Morgan fingerprint density at radius 3 is 1.73 bits per heavy atom. The van der Waals surface area contributed by atoms with Crippen LogP contribution in [0.1, 0.15) is 241 Å². The predicted molar refractivity (Wildman–Crippen MR) is 276 cm³/mol. The third-order valence-electron chi connectivity index (χ3n) is 16.7. The highest BCUT2D eigenvalue weighted by Gasteiger charge is 2.59. The number of unbranched alkanes of at least 4 members (excludes halogenated alkanes) is 12. The molecule has 0 heterocycles. The van der Waals surface area contributed by atoms with E-state index in [4.69, 9.17) is 4.74 Å². The maximum absolute atomic E-state index is 12.9. The van der Waals surface area contributed by atoms with E-state index in [-0.39, 0.29) is 12.1 Å². The lowest BCUT2D eigenvalue weighted by Gasteiger charge is -2.58. The van der Waals surface area contributed by atoms with Gasteiger partial charge in [-0.05, 0) is 149 Å². The molecule has 0 radical (unpaired) electrons.